The van der Waals surface area contributed by atoms with Crippen LogP contribution in [0.15, 0.2) is 30.3 Å². The molecule has 0 aliphatic carbocycles. The zero-order valence-corrected chi connectivity index (χ0v) is 12.5. The van der Waals surface area contributed by atoms with Crippen molar-refractivity contribution in [3.8, 4) is 0 Å². The van der Waals surface area contributed by atoms with Gasteiger partial charge >= 0.3 is 5.97 Å². The molecule has 2 aromatic rings. The summed E-state index contributed by atoms with van der Waals surface area (Å²) in [5, 5.41) is 3.17. The summed E-state index contributed by atoms with van der Waals surface area (Å²) >= 11 is 0. The van der Waals surface area contributed by atoms with Crippen LogP contribution in [-0.2, 0) is 11.3 Å². The van der Waals surface area contributed by atoms with E-state index >= 15 is 0 Å². The van der Waals surface area contributed by atoms with Crippen LogP contribution in [0.3, 0.4) is 0 Å². The summed E-state index contributed by atoms with van der Waals surface area (Å²) < 4.78 is 4.99. The number of rotatable bonds is 5. The molecule has 0 unspecified atom stereocenters. The van der Waals surface area contributed by atoms with Gasteiger partial charge in [-0.1, -0.05) is 12.1 Å². The summed E-state index contributed by atoms with van der Waals surface area (Å²) in [4.78, 5) is 20.3. The molecule has 1 aromatic heterocycles. The first-order chi connectivity index (χ1) is 10.1. The summed E-state index contributed by atoms with van der Waals surface area (Å²) in [6.45, 7) is 6.58. The molecule has 5 nitrogen and oxygen atoms in total. The van der Waals surface area contributed by atoms with E-state index in [2.05, 4.69) is 15.3 Å². The molecule has 5 heteroatoms. The standard InChI is InChI=1S/C16H19N3O2/c1-4-21-15(20)14-7-5-6-13(9-14)10-17-16-18-11(2)8-12(3)19-16/h5-9H,4,10H2,1-3H3,(H,17,18,19). The summed E-state index contributed by atoms with van der Waals surface area (Å²) in [5.41, 5.74) is 3.37. The van der Waals surface area contributed by atoms with Gasteiger partial charge in [0.05, 0.1) is 12.2 Å². The molecule has 0 saturated carbocycles. The third-order valence-electron chi connectivity index (χ3n) is 2.87. The van der Waals surface area contributed by atoms with E-state index in [1.165, 1.54) is 0 Å². The number of ether oxygens (including phenoxy) is 1. The zero-order chi connectivity index (χ0) is 15.2. The molecule has 1 aromatic carbocycles. The van der Waals surface area contributed by atoms with E-state index in [0.29, 0.717) is 24.7 Å². The van der Waals surface area contributed by atoms with E-state index < -0.39 is 0 Å². The van der Waals surface area contributed by atoms with Crippen LogP contribution in [0.4, 0.5) is 5.95 Å². The second-order valence-electron chi connectivity index (χ2n) is 4.75. The Hall–Kier alpha value is -2.43. The molecule has 110 valence electrons. The second-order valence-corrected chi connectivity index (χ2v) is 4.75. The maximum absolute atomic E-state index is 11.7. The van der Waals surface area contributed by atoms with E-state index in [9.17, 15) is 4.79 Å². The van der Waals surface area contributed by atoms with Gasteiger partial charge < -0.3 is 10.1 Å². The first-order valence-electron chi connectivity index (χ1n) is 6.90. The van der Waals surface area contributed by atoms with E-state index in [0.717, 1.165) is 17.0 Å². The summed E-state index contributed by atoms with van der Waals surface area (Å²) in [7, 11) is 0. The fourth-order valence-corrected chi connectivity index (χ4v) is 2.01. The minimum absolute atomic E-state index is 0.304. The van der Waals surface area contributed by atoms with Crippen molar-refractivity contribution in [1.82, 2.24) is 9.97 Å². The molecule has 1 N–H and O–H groups in total. The average Bonchev–Trinajstić information content (AvgIpc) is 2.45. The Morgan fingerprint density at radius 1 is 1.19 bits per heavy atom. The molecular formula is C16H19N3O2. The van der Waals surface area contributed by atoms with Gasteiger partial charge in [-0.25, -0.2) is 14.8 Å². The van der Waals surface area contributed by atoms with Gasteiger partial charge in [-0.05, 0) is 44.5 Å². The third kappa shape index (κ3) is 4.27. The number of carbonyl (C=O) groups is 1. The molecular weight excluding hydrogens is 266 g/mol. The SMILES string of the molecule is CCOC(=O)c1cccc(CNc2nc(C)cc(C)n2)c1. The van der Waals surface area contributed by atoms with Gasteiger partial charge in [0.25, 0.3) is 0 Å². The maximum Gasteiger partial charge on any atom is 0.338 e. The quantitative estimate of drug-likeness (QED) is 0.856. The second kappa shape index (κ2) is 6.83. The highest BCUT2D eigenvalue weighted by atomic mass is 16.5. The van der Waals surface area contributed by atoms with E-state index in [4.69, 9.17) is 4.74 Å². The highest BCUT2D eigenvalue weighted by Crippen LogP contribution is 2.10. The number of benzene rings is 1. The lowest BCUT2D eigenvalue weighted by molar-refractivity contribution is 0.0526. The topological polar surface area (TPSA) is 64.1 Å². The predicted octanol–water partition coefficient (Wildman–Crippen LogP) is 2.88. The molecule has 0 radical (unpaired) electrons. The van der Waals surface area contributed by atoms with Crippen LogP contribution in [0.1, 0.15) is 34.2 Å². The van der Waals surface area contributed by atoms with Crippen molar-refractivity contribution in [2.45, 2.75) is 27.3 Å². The summed E-state index contributed by atoms with van der Waals surface area (Å²) in [6, 6.07) is 9.26. The highest BCUT2D eigenvalue weighted by molar-refractivity contribution is 5.89. The van der Waals surface area contributed by atoms with Crippen molar-refractivity contribution in [1.29, 1.82) is 0 Å². The molecule has 0 amide bonds. The van der Waals surface area contributed by atoms with Crippen molar-refractivity contribution in [2.75, 3.05) is 11.9 Å². The normalized spacial score (nSPS) is 10.2. The number of nitrogens with one attached hydrogen (secondary N) is 1. The lowest BCUT2D eigenvalue weighted by atomic mass is 10.1. The largest absolute Gasteiger partial charge is 0.462 e. The van der Waals surface area contributed by atoms with Gasteiger partial charge in [-0.15, -0.1) is 0 Å². The minimum Gasteiger partial charge on any atom is -0.462 e. The Morgan fingerprint density at radius 2 is 1.90 bits per heavy atom. The number of aromatic nitrogens is 2. The monoisotopic (exact) mass is 285 g/mol. The predicted molar refractivity (Wildman–Crippen MR) is 81.2 cm³/mol. The number of hydrogen-bond acceptors (Lipinski definition) is 5. The Bertz CT molecular complexity index is 621. The highest BCUT2D eigenvalue weighted by Gasteiger charge is 2.07. The van der Waals surface area contributed by atoms with Gasteiger partial charge in [0.2, 0.25) is 5.95 Å². The molecule has 0 spiro atoms. The van der Waals surface area contributed by atoms with E-state index in [1.54, 1.807) is 13.0 Å². The van der Waals surface area contributed by atoms with Crippen molar-refractivity contribution in [3.05, 3.63) is 52.8 Å². The molecule has 2 rings (SSSR count). The van der Waals surface area contributed by atoms with Crippen LogP contribution in [0.25, 0.3) is 0 Å². The molecule has 0 fully saturated rings. The van der Waals surface area contributed by atoms with Crippen molar-refractivity contribution < 1.29 is 9.53 Å². The average molecular weight is 285 g/mol. The molecule has 0 saturated heterocycles. The van der Waals surface area contributed by atoms with Crippen LogP contribution < -0.4 is 5.32 Å². The molecule has 0 aliphatic heterocycles. The van der Waals surface area contributed by atoms with Gasteiger partial charge in [-0.2, -0.15) is 0 Å². The number of aryl methyl sites for hydroxylation is 2. The third-order valence-corrected chi connectivity index (χ3v) is 2.87. The number of anilines is 1. The van der Waals surface area contributed by atoms with Crippen LogP contribution in [0.2, 0.25) is 0 Å². The Balaban J connectivity index is 2.06. The van der Waals surface area contributed by atoms with E-state index in [1.807, 2.05) is 38.1 Å². The summed E-state index contributed by atoms with van der Waals surface area (Å²) in [5.74, 6) is 0.288. The number of esters is 1. The van der Waals surface area contributed by atoms with Gasteiger partial charge in [0.1, 0.15) is 0 Å². The van der Waals surface area contributed by atoms with Crippen molar-refractivity contribution in [2.24, 2.45) is 0 Å². The molecule has 1 heterocycles. The number of carbonyl (C=O) groups excluding carboxylic acids is 1. The molecule has 0 bridgehead atoms. The fourth-order valence-electron chi connectivity index (χ4n) is 2.01. The maximum atomic E-state index is 11.7. The first kappa shape index (κ1) is 15.0. The fraction of sp³-hybridized carbons (Fsp3) is 0.312. The van der Waals surface area contributed by atoms with Crippen molar-refractivity contribution in [3.63, 3.8) is 0 Å². The van der Waals surface area contributed by atoms with E-state index in [-0.39, 0.29) is 5.97 Å². The molecule has 21 heavy (non-hydrogen) atoms. The Labute approximate surface area is 124 Å². The smallest absolute Gasteiger partial charge is 0.338 e. The Kier molecular flexibility index (Phi) is 4.87. The van der Waals surface area contributed by atoms with Gasteiger partial charge in [0.15, 0.2) is 0 Å². The van der Waals surface area contributed by atoms with Crippen LogP contribution in [0.5, 0.6) is 0 Å². The van der Waals surface area contributed by atoms with Crippen LogP contribution >= 0.6 is 0 Å². The Morgan fingerprint density at radius 3 is 2.57 bits per heavy atom. The lowest BCUT2D eigenvalue weighted by Gasteiger charge is -2.08. The van der Waals surface area contributed by atoms with Gasteiger partial charge in [0, 0.05) is 17.9 Å². The lowest BCUT2D eigenvalue weighted by Crippen LogP contribution is -2.08. The molecule has 0 aliphatic rings. The number of nitrogens with zero attached hydrogens (tertiary/aromatic N) is 2. The van der Waals surface area contributed by atoms with Gasteiger partial charge in [-0.3, -0.25) is 0 Å². The molecule has 0 atom stereocenters. The minimum atomic E-state index is -0.304. The first-order valence-corrected chi connectivity index (χ1v) is 6.90. The van der Waals surface area contributed by atoms with Crippen LogP contribution in [-0.4, -0.2) is 22.5 Å². The van der Waals surface area contributed by atoms with Crippen molar-refractivity contribution >= 4 is 11.9 Å². The summed E-state index contributed by atoms with van der Waals surface area (Å²) in [6.07, 6.45) is 0. The number of hydrogen-bond donors (Lipinski definition) is 1. The zero-order valence-electron chi connectivity index (χ0n) is 12.5. The van der Waals surface area contributed by atoms with Crippen LogP contribution in [0, 0.1) is 13.8 Å².